The van der Waals surface area contributed by atoms with E-state index in [9.17, 15) is 14.0 Å². The largest absolute Gasteiger partial charge is 0.457 e. The van der Waals surface area contributed by atoms with Gasteiger partial charge >= 0.3 is 5.97 Å². The summed E-state index contributed by atoms with van der Waals surface area (Å²) in [6.07, 6.45) is 4.28. The summed E-state index contributed by atoms with van der Waals surface area (Å²) in [5.41, 5.74) is -0.626. The van der Waals surface area contributed by atoms with Gasteiger partial charge in [-0.05, 0) is 38.4 Å². The number of piperidine rings is 1. The fraction of sp³-hybridized carbons (Fsp3) is 0.550. The second-order valence-electron chi connectivity index (χ2n) is 7.58. The molecule has 144 valence electrons. The van der Waals surface area contributed by atoms with Gasteiger partial charge in [0, 0.05) is 31.5 Å². The topological polar surface area (TPSA) is 64.4 Å². The first-order valence-corrected chi connectivity index (χ1v) is 9.61. The minimum absolute atomic E-state index is 0.101. The van der Waals surface area contributed by atoms with E-state index in [0.717, 1.165) is 32.1 Å². The fourth-order valence-corrected chi connectivity index (χ4v) is 4.47. The Kier molecular flexibility index (Phi) is 4.72. The van der Waals surface area contributed by atoms with Crippen molar-refractivity contribution < 1.29 is 13.9 Å². The summed E-state index contributed by atoms with van der Waals surface area (Å²) < 4.78 is 21.5. The van der Waals surface area contributed by atoms with Gasteiger partial charge in [0.15, 0.2) is 0 Å². The smallest absolute Gasteiger partial charge is 0.363 e. The number of esters is 1. The van der Waals surface area contributed by atoms with Crippen molar-refractivity contribution >= 4 is 16.9 Å². The van der Waals surface area contributed by atoms with Crippen molar-refractivity contribution in [3.63, 3.8) is 0 Å². The van der Waals surface area contributed by atoms with Crippen molar-refractivity contribution in [2.24, 2.45) is 0 Å². The van der Waals surface area contributed by atoms with Gasteiger partial charge < -0.3 is 9.64 Å². The zero-order valence-electron chi connectivity index (χ0n) is 15.7. The first-order chi connectivity index (χ1) is 13.0. The second kappa shape index (κ2) is 7.03. The number of benzene rings is 1. The number of hydrogen-bond acceptors (Lipinski definition) is 5. The van der Waals surface area contributed by atoms with E-state index in [-0.39, 0.29) is 17.2 Å². The Bertz CT molecular complexity index is 928. The molecular weight excluding hydrogens is 349 g/mol. The molecule has 0 saturated carbocycles. The highest BCUT2D eigenvalue weighted by Crippen LogP contribution is 2.35. The predicted molar refractivity (Wildman–Crippen MR) is 99.3 cm³/mol. The molecule has 0 spiro atoms. The average Bonchev–Trinajstić information content (AvgIpc) is 2.85. The Morgan fingerprint density at radius 2 is 2.00 bits per heavy atom. The van der Waals surface area contributed by atoms with Crippen LogP contribution < -0.4 is 5.43 Å². The Labute approximate surface area is 156 Å². The molecule has 0 N–H and O–H groups in total. The van der Waals surface area contributed by atoms with Gasteiger partial charge in [0.1, 0.15) is 11.9 Å². The molecule has 7 heteroatoms. The highest BCUT2D eigenvalue weighted by Gasteiger charge is 2.40. The molecule has 2 atom stereocenters. The van der Waals surface area contributed by atoms with Crippen LogP contribution in [0.3, 0.4) is 0 Å². The summed E-state index contributed by atoms with van der Waals surface area (Å²) in [7, 11) is 2.11. The lowest BCUT2D eigenvalue weighted by atomic mass is 10.0. The molecule has 27 heavy (non-hydrogen) atoms. The third kappa shape index (κ3) is 3.14. The molecule has 2 fully saturated rings. The van der Waals surface area contributed by atoms with Crippen LogP contribution in [0.5, 0.6) is 0 Å². The van der Waals surface area contributed by atoms with Gasteiger partial charge in [-0.2, -0.15) is 5.10 Å². The SMILES string of the molecule is CCCn1nc(C(=O)OC2CC3CCC(C2)N3C)c(=O)c2c(F)cccc21. The van der Waals surface area contributed by atoms with Gasteiger partial charge in [-0.25, -0.2) is 9.18 Å². The number of halogens is 1. The Balaban J connectivity index is 1.67. The molecule has 0 aliphatic carbocycles. The van der Waals surface area contributed by atoms with Crippen LogP contribution in [-0.4, -0.2) is 45.9 Å². The van der Waals surface area contributed by atoms with Gasteiger partial charge in [-0.3, -0.25) is 9.48 Å². The fourth-order valence-electron chi connectivity index (χ4n) is 4.47. The lowest BCUT2D eigenvalue weighted by Gasteiger charge is -2.35. The maximum atomic E-state index is 14.3. The van der Waals surface area contributed by atoms with Crippen LogP contribution in [-0.2, 0) is 11.3 Å². The number of aryl methyl sites for hydroxylation is 1. The lowest BCUT2D eigenvalue weighted by Crippen LogP contribution is -2.43. The monoisotopic (exact) mass is 373 g/mol. The van der Waals surface area contributed by atoms with E-state index in [1.807, 2.05) is 6.92 Å². The van der Waals surface area contributed by atoms with E-state index in [0.29, 0.717) is 24.1 Å². The third-order valence-corrected chi connectivity index (χ3v) is 5.89. The standard InChI is InChI=1S/C20H24FN3O3/c1-3-9-24-16-6-4-5-15(21)17(16)19(25)18(22-24)20(26)27-14-10-12-7-8-13(11-14)23(12)2/h4-6,12-14H,3,7-11H2,1-2H3. The van der Waals surface area contributed by atoms with E-state index in [4.69, 9.17) is 4.74 Å². The molecule has 2 aliphatic rings. The molecule has 1 aromatic carbocycles. The zero-order chi connectivity index (χ0) is 19.1. The maximum absolute atomic E-state index is 14.3. The van der Waals surface area contributed by atoms with Gasteiger partial charge in [0.05, 0.1) is 10.9 Å². The quantitative estimate of drug-likeness (QED) is 0.771. The average molecular weight is 373 g/mol. The Morgan fingerprint density at radius 1 is 1.30 bits per heavy atom. The minimum atomic E-state index is -0.746. The molecule has 1 aromatic heterocycles. The number of rotatable bonds is 4. The third-order valence-electron chi connectivity index (χ3n) is 5.89. The van der Waals surface area contributed by atoms with Crippen molar-refractivity contribution in [1.29, 1.82) is 0 Å². The van der Waals surface area contributed by atoms with Crippen molar-refractivity contribution in [3.8, 4) is 0 Å². The van der Waals surface area contributed by atoms with Crippen LogP contribution in [0.4, 0.5) is 4.39 Å². The van der Waals surface area contributed by atoms with Crippen molar-refractivity contribution in [3.05, 3.63) is 39.9 Å². The van der Waals surface area contributed by atoms with E-state index in [2.05, 4.69) is 17.0 Å². The minimum Gasteiger partial charge on any atom is -0.457 e. The number of ether oxygens (including phenoxy) is 1. The summed E-state index contributed by atoms with van der Waals surface area (Å²) in [6.45, 7) is 2.44. The lowest BCUT2D eigenvalue weighted by molar-refractivity contribution is -0.00129. The van der Waals surface area contributed by atoms with E-state index in [1.54, 1.807) is 6.07 Å². The molecule has 0 radical (unpaired) electrons. The second-order valence-corrected chi connectivity index (χ2v) is 7.58. The molecule has 3 heterocycles. The predicted octanol–water partition coefficient (Wildman–Crippen LogP) is 2.73. The van der Waals surface area contributed by atoms with Crippen LogP contribution in [0, 0.1) is 5.82 Å². The summed E-state index contributed by atoms with van der Waals surface area (Å²) >= 11 is 0. The van der Waals surface area contributed by atoms with E-state index in [1.165, 1.54) is 16.8 Å². The number of hydrogen-bond donors (Lipinski definition) is 0. The van der Waals surface area contributed by atoms with Crippen molar-refractivity contribution in [1.82, 2.24) is 14.7 Å². The molecule has 6 nitrogen and oxygen atoms in total. The van der Waals surface area contributed by atoms with Gasteiger partial charge in [-0.1, -0.05) is 13.0 Å². The van der Waals surface area contributed by atoms with Gasteiger partial charge in [0.2, 0.25) is 11.1 Å². The summed E-state index contributed by atoms with van der Waals surface area (Å²) in [5, 5.41) is 4.12. The Hall–Kier alpha value is -2.28. The molecular formula is C20H24FN3O3. The first kappa shape index (κ1) is 18.1. The van der Waals surface area contributed by atoms with Gasteiger partial charge in [-0.15, -0.1) is 0 Å². The highest BCUT2D eigenvalue weighted by molar-refractivity contribution is 5.91. The van der Waals surface area contributed by atoms with Gasteiger partial charge in [0.25, 0.3) is 0 Å². The maximum Gasteiger partial charge on any atom is 0.363 e. The highest BCUT2D eigenvalue weighted by atomic mass is 19.1. The normalized spacial score (nSPS) is 25.1. The van der Waals surface area contributed by atoms with Crippen molar-refractivity contribution in [2.75, 3.05) is 7.05 Å². The number of carbonyl (C=O) groups excluding carboxylic acids is 1. The zero-order valence-corrected chi connectivity index (χ0v) is 15.7. The number of nitrogens with zero attached hydrogens (tertiary/aromatic N) is 3. The van der Waals surface area contributed by atoms with Crippen LogP contribution in [0.15, 0.2) is 23.0 Å². The van der Waals surface area contributed by atoms with Crippen LogP contribution in [0.1, 0.15) is 49.5 Å². The number of fused-ring (bicyclic) bond motifs is 3. The molecule has 0 amide bonds. The molecule has 4 rings (SSSR count). The number of aromatic nitrogens is 2. The molecule has 2 unspecified atom stereocenters. The van der Waals surface area contributed by atoms with Crippen LogP contribution >= 0.6 is 0 Å². The van der Waals surface area contributed by atoms with E-state index >= 15 is 0 Å². The summed E-state index contributed by atoms with van der Waals surface area (Å²) in [6, 6.07) is 5.24. The summed E-state index contributed by atoms with van der Waals surface area (Å²) in [4.78, 5) is 27.8. The van der Waals surface area contributed by atoms with Crippen LogP contribution in [0.2, 0.25) is 0 Å². The van der Waals surface area contributed by atoms with E-state index < -0.39 is 17.2 Å². The molecule has 2 aromatic rings. The molecule has 2 saturated heterocycles. The number of carbonyl (C=O) groups is 1. The van der Waals surface area contributed by atoms with Crippen molar-refractivity contribution in [2.45, 2.75) is 63.8 Å². The first-order valence-electron chi connectivity index (χ1n) is 9.61. The molecule has 2 aliphatic heterocycles. The summed E-state index contributed by atoms with van der Waals surface area (Å²) in [5.74, 6) is -1.39. The molecule has 2 bridgehead atoms. The van der Waals surface area contributed by atoms with Crippen LogP contribution in [0.25, 0.3) is 10.9 Å². The Morgan fingerprint density at radius 3 is 2.67 bits per heavy atom.